The minimum absolute atomic E-state index is 0.0422. The molecule has 4 heterocycles. The summed E-state index contributed by atoms with van der Waals surface area (Å²) in [6, 6.07) is 3.17. The SMILES string of the molecule is O=C(Nc1cn2cc(-c3cc(C(=O)N4CCC[C@@H]4C(F)(F)F)n[nH]3)ccc2n1)C1CC1. The molecule has 31 heavy (non-hydrogen) atoms. The number of hydrogen-bond donors (Lipinski definition) is 2. The lowest BCUT2D eigenvalue weighted by Crippen LogP contribution is -2.44. The van der Waals surface area contributed by atoms with Gasteiger partial charge in [0.2, 0.25) is 5.91 Å². The molecule has 1 aliphatic heterocycles. The van der Waals surface area contributed by atoms with Gasteiger partial charge in [-0.05, 0) is 43.9 Å². The Labute approximate surface area is 174 Å². The van der Waals surface area contributed by atoms with Gasteiger partial charge in [-0.2, -0.15) is 18.3 Å². The van der Waals surface area contributed by atoms with Crippen LogP contribution in [0, 0.1) is 5.92 Å². The molecular weight excluding hydrogens is 413 g/mol. The number of H-pyrrole nitrogens is 1. The second kappa shape index (κ2) is 7.10. The van der Waals surface area contributed by atoms with E-state index in [0.29, 0.717) is 29.1 Å². The topological polar surface area (TPSA) is 95.4 Å². The Kier molecular flexibility index (Phi) is 4.49. The van der Waals surface area contributed by atoms with Crippen molar-refractivity contribution >= 4 is 23.3 Å². The molecule has 0 radical (unpaired) electrons. The normalized spacial score (nSPS) is 19.2. The minimum Gasteiger partial charge on any atom is -0.325 e. The second-order valence-electron chi connectivity index (χ2n) is 7.94. The zero-order valence-corrected chi connectivity index (χ0v) is 16.3. The average Bonchev–Trinajstić information content (AvgIpc) is 3.13. The number of aromatic amines is 1. The van der Waals surface area contributed by atoms with E-state index in [0.717, 1.165) is 17.7 Å². The molecule has 0 spiro atoms. The number of hydrogen-bond acceptors (Lipinski definition) is 4. The van der Waals surface area contributed by atoms with Crippen LogP contribution in [0.1, 0.15) is 36.2 Å². The van der Waals surface area contributed by atoms with E-state index in [4.69, 9.17) is 0 Å². The van der Waals surface area contributed by atoms with Crippen LogP contribution >= 0.6 is 0 Å². The van der Waals surface area contributed by atoms with Crippen molar-refractivity contribution < 1.29 is 22.8 Å². The standard InChI is InChI=1S/C20H19F3N6O2/c21-20(22,23)15-2-1-7-29(15)19(31)14-8-13(26-27-14)12-5-6-17-24-16(10-28(17)9-12)25-18(30)11-3-4-11/h5-6,8-11,15H,1-4,7H2,(H,25,30)(H,26,27)/t15-/m1/s1. The molecule has 1 saturated carbocycles. The number of rotatable bonds is 4. The van der Waals surface area contributed by atoms with Crippen molar-refractivity contribution in [3.63, 3.8) is 0 Å². The fraction of sp³-hybridized carbons (Fsp3) is 0.400. The van der Waals surface area contributed by atoms with E-state index >= 15 is 0 Å². The van der Waals surface area contributed by atoms with Gasteiger partial charge in [0.25, 0.3) is 5.91 Å². The van der Waals surface area contributed by atoms with Gasteiger partial charge in [-0.1, -0.05) is 0 Å². The fourth-order valence-electron chi connectivity index (χ4n) is 3.86. The van der Waals surface area contributed by atoms with Crippen molar-refractivity contribution in [1.29, 1.82) is 0 Å². The number of fused-ring (bicyclic) bond motifs is 1. The summed E-state index contributed by atoms with van der Waals surface area (Å²) in [7, 11) is 0. The molecule has 2 aliphatic rings. The predicted octanol–water partition coefficient (Wildman–Crippen LogP) is 3.24. The number of carbonyl (C=O) groups is 2. The van der Waals surface area contributed by atoms with Gasteiger partial charge in [0.1, 0.15) is 11.7 Å². The van der Waals surface area contributed by atoms with Crippen LogP contribution in [0.2, 0.25) is 0 Å². The Morgan fingerprint density at radius 2 is 1.97 bits per heavy atom. The van der Waals surface area contributed by atoms with Crippen LogP contribution in [0.25, 0.3) is 16.9 Å². The maximum absolute atomic E-state index is 13.2. The first-order valence-corrected chi connectivity index (χ1v) is 10.0. The van der Waals surface area contributed by atoms with E-state index in [-0.39, 0.29) is 30.5 Å². The van der Waals surface area contributed by atoms with Crippen molar-refractivity contribution in [2.45, 2.75) is 37.9 Å². The van der Waals surface area contributed by atoms with E-state index in [9.17, 15) is 22.8 Å². The predicted molar refractivity (Wildman–Crippen MR) is 104 cm³/mol. The Hall–Kier alpha value is -3.37. The highest BCUT2D eigenvalue weighted by Gasteiger charge is 2.48. The molecule has 1 saturated heterocycles. The van der Waals surface area contributed by atoms with Crippen LogP contribution in [0.5, 0.6) is 0 Å². The maximum atomic E-state index is 13.2. The number of nitrogens with zero attached hydrogens (tertiary/aromatic N) is 4. The summed E-state index contributed by atoms with van der Waals surface area (Å²) in [5.74, 6) is -0.272. The Morgan fingerprint density at radius 3 is 2.71 bits per heavy atom. The maximum Gasteiger partial charge on any atom is 0.408 e. The van der Waals surface area contributed by atoms with Gasteiger partial charge in [0, 0.05) is 24.2 Å². The highest BCUT2D eigenvalue weighted by atomic mass is 19.4. The van der Waals surface area contributed by atoms with E-state index in [2.05, 4.69) is 20.5 Å². The summed E-state index contributed by atoms with van der Waals surface area (Å²) in [6.07, 6.45) is 0.972. The lowest BCUT2D eigenvalue weighted by Gasteiger charge is -2.25. The molecule has 1 atom stereocenters. The summed E-state index contributed by atoms with van der Waals surface area (Å²) in [6.45, 7) is 0.0571. The monoisotopic (exact) mass is 432 g/mol. The Balaban J connectivity index is 1.36. The van der Waals surface area contributed by atoms with Gasteiger partial charge in [-0.3, -0.25) is 14.7 Å². The molecule has 3 aromatic rings. The van der Waals surface area contributed by atoms with Crippen molar-refractivity contribution in [2.24, 2.45) is 5.92 Å². The van der Waals surface area contributed by atoms with Crippen LogP contribution in [0.4, 0.5) is 19.0 Å². The van der Waals surface area contributed by atoms with E-state index in [1.54, 1.807) is 28.9 Å². The number of pyridine rings is 1. The fourth-order valence-corrected chi connectivity index (χ4v) is 3.86. The second-order valence-corrected chi connectivity index (χ2v) is 7.94. The van der Waals surface area contributed by atoms with E-state index in [1.807, 2.05) is 0 Å². The van der Waals surface area contributed by atoms with Crippen molar-refractivity contribution in [1.82, 2.24) is 24.5 Å². The largest absolute Gasteiger partial charge is 0.408 e. The molecule has 2 N–H and O–H groups in total. The average molecular weight is 432 g/mol. The molecule has 162 valence electrons. The number of likely N-dealkylation sites (tertiary alicyclic amines) is 1. The molecule has 3 aromatic heterocycles. The van der Waals surface area contributed by atoms with Crippen LogP contribution in [-0.4, -0.2) is 55.1 Å². The van der Waals surface area contributed by atoms with Crippen LogP contribution < -0.4 is 5.32 Å². The number of carbonyl (C=O) groups excluding carboxylic acids is 2. The smallest absolute Gasteiger partial charge is 0.325 e. The summed E-state index contributed by atoms with van der Waals surface area (Å²) < 4.78 is 41.3. The lowest BCUT2D eigenvalue weighted by atomic mass is 10.2. The summed E-state index contributed by atoms with van der Waals surface area (Å²) in [5.41, 5.74) is 1.72. The van der Waals surface area contributed by atoms with Gasteiger partial charge in [0.15, 0.2) is 11.5 Å². The van der Waals surface area contributed by atoms with Crippen molar-refractivity contribution in [3.05, 3.63) is 36.3 Å². The summed E-state index contributed by atoms with van der Waals surface area (Å²) in [5, 5.41) is 9.45. The first-order chi connectivity index (χ1) is 14.8. The first-order valence-electron chi connectivity index (χ1n) is 10.0. The van der Waals surface area contributed by atoms with Gasteiger partial charge in [-0.25, -0.2) is 4.98 Å². The number of amides is 2. The summed E-state index contributed by atoms with van der Waals surface area (Å²) >= 11 is 0. The number of halogens is 3. The lowest BCUT2D eigenvalue weighted by molar-refractivity contribution is -0.169. The zero-order valence-electron chi connectivity index (χ0n) is 16.3. The quantitative estimate of drug-likeness (QED) is 0.662. The van der Waals surface area contributed by atoms with Gasteiger partial charge >= 0.3 is 6.18 Å². The van der Waals surface area contributed by atoms with Gasteiger partial charge in [0.05, 0.1) is 11.9 Å². The van der Waals surface area contributed by atoms with Gasteiger partial charge in [-0.15, -0.1) is 0 Å². The number of anilines is 1. The molecule has 2 amide bonds. The number of aromatic nitrogens is 4. The minimum atomic E-state index is -4.45. The molecular formula is C20H19F3N6O2. The molecule has 0 bridgehead atoms. The highest BCUT2D eigenvalue weighted by molar-refractivity contribution is 5.94. The Morgan fingerprint density at radius 1 is 1.16 bits per heavy atom. The molecule has 0 unspecified atom stereocenters. The van der Waals surface area contributed by atoms with Crippen LogP contribution in [0.15, 0.2) is 30.6 Å². The molecule has 11 heteroatoms. The molecule has 2 fully saturated rings. The third kappa shape index (κ3) is 3.75. The molecule has 0 aromatic carbocycles. The van der Waals surface area contributed by atoms with E-state index < -0.39 is 18.1 Å². The molecule has 1 aliphatic carbocycles. The molecule has 8 nitrogen and oxygen atoms in total. The van der Waals surface area contributed by atoms with Crippen molar-refractivity contribution in [2.75, 3.05) is 11.9 Å². The number of nitrogens with one attached hydrogen (secondary N) is 2. The van der Waals surface area contributed by atoms with Crippen LogP contribution in [0.3, 0.4) is 0 Å². The number of alkyl halides is 3. The van der Waals surface area contributed by atoms with Gasteiger partial charge < -0.3 is 14.6 Å². The highest BCUT2D eigenvalue weighted by Crippen LogP contribution is 2.34. The van der Waals surface area contributed by atoms with Crippen molar-refractivity contribution in [3.8, 4) is 11.3 Å². The first kappa shape index (κ1) is 19.6. The van der Waals surface area contributed by atoms with Crippen LogP contribution in [-0.2, 0) is 4.79 Å². The third-order valence-corrected chi connectivity index (χ3v) is 5.65. The third-order valence-electron chi connectivity index (χ3n) is 5.65. The Bertz CT molecular complexity index is 1160. The molecule has 5 rings (SSSR count). The number of imidazole rings is 1. The summed E-state index contributed by atoms with van der Waals surface area (Å²) in [4.78, 5) is 29.7. The van der Waals surface area contributed by atoms with E-state index in [1.165, 1.54) is 6.07 Å². The zero-order chi connectivity index (χ0) is 21.8.